The molecule has 0 unspecified atom stereocenters. The minimum Gasteiger partial charge on any atom is -0.343 e. The summed E-state index contributed by atoms with van der Waals surface area (Å²) in [6, 6.07) is 8.02. The molecular formula is C21H32N2O3S. The van der Waals surface area contributed by atoms with Crippen LogP contribution in [0.15, 0.2) is 24.3 Å². The van der Waals surface area contributed by atoms with Gasteiger partial charge >= 0.3 is 0 Å². The first-order valence-corrected chi connectivity index (χ1v) is 11.8. The number of hydrogen-bond acceptors (Lipinski definition) is 3. The maximum Gasteiger partial charge on any atom is 0.225 e. The van der Waals surface area contributed by atoms with Crippen LogP contribution in [0.3, 0.4) is 0 Å². The molecule has 1 heterocycles. The van der Waals surface area contributed by atoms with E-state index in [1.54, 1.807) is 4.31 Å². The Hall–Kier alpha value is -1.40. The van der Waals surface area contributed by atoms with Gasteiger partial charge in [-0.05, 0) is 38.2 Å². The number of piperidine rings is 1. The summed E-state index contributed by atoms with van der Waals surface area (Å²) in [6.07, 6.45) is 7.15. The quantitative estimate of drug-likeness (QED) is 0.772. The van der Waals surface area contributed by atoms with Crippen molar-refractivity contribution in [2.24, 2.45) is 5.92 Å². The number of carbonyl (C=O) groups is 1. The number of nitrogens with zero attached hydrogens (tertiary/aromatic N) is 2. The van der Waals surface area contributed by atoms with Gasteiger partial charge in [0.1, 0.15) is 0 Å². The van der Waals surface area contributed by atoms with Crippen LogP contribution in [0.25, 0.3) is 0 Å². The van der Waals surface area contributed by atoms with Gasteiger partial charge in [0.2, 0.25) is 15.9 Å². The standard InChI is InChI=1S/C21H32N2O3S/c1-17-7-6-8-18(15-17)16-27(25,26)23-13-11-19(12-14-23)21(24)22(2)20-9-4-3-5-10-20/h6-8,15,19-20H,3-5,9-14,16H2,1-2H3. The van der Waals surface area contributed by atoms with Crippen molar-refractivity contribution in [3.8, 4) is 0 Å². The van der Waals surface area contributed by atoms with Crippen molar-refractivity contribution in [2.45, 2.75) is 63.7 Å². The van der Waals surface area contributed by atoms with Gasteiger partial charge in [0, 0.05) is 32.1 Å². The second kappa shape index (κ2) is 8.74. The third-order valence-corrected chi connectivity index (χ3v) is 7.95. The Kier molecular flexibility index (Phi) is 6.58. The molecule has 1 saturated carbocycles. The first-order valence-electron chi connectivity index (χ1n) is 10.2. The lowest BCUT2D eigenvalue weighted by atomic mass is 9.91. The predicted molar refractivity (Wildman–Crippen MR) is 108 cm³/mol. The normalized spacial score (nSPS) is 20.5. The Labute approximate surface area is 163 Å². The Morgan fingerprint density at radius 3 is 2.41 bits per heavy atom. The van der Waals surface area contributed by atoms with E-state index >= 15 is 0 Å². The zero-order chi connectivity index (χ0) is 19.4. The van der Waals surface area contributed by atoms with E-state index in [1.807, 2.05) is 43.1 Å². The molecule has 0 bridgehead atoms. The van der Waals surface area contributed by atoms with E-state index in [1.165, 1.54) is 19.3 Å². The van der Waals surface area contributed by atoms with E-state index in [0.717, 1.165) is 24.0 Å². The maximum absolute atomic E-state index is 12.8. The molecule has 1 aromatic rings. The van der Waals surface area contributed by atoms with Gasteiger partial charge in [0.25, 0.3) is 0 Å². The minimum absolute atomic E-state index is 0.0370. The van der Waals surface area contributed by atoms with Crippen LogP contribution < -0.4 is 0 Å². The summed E-state index contributed by atoms with van der Waals surface area (Å²) in [5.41, 5.74) is 1.89. The molecule has 5 nitrogen and oxygen atoms in total. The van der Waals surface area contributed by atoms with Gasteiger partial charge in [-0.15, -0.1) is 0 Å². The van der Waals surface area contributed by atoms with Gasteiger partial charge in [-0.2, -0.15) is 0 Å². The summed E-state index contributed by atoms with van der Waals surface area (Å²) in [5, 5.41) is 0. The monoisotopic (exact) mass is 392 g/mol. The zero-order valence-corrected chi connectivity index (χ0v) is 17.4. The van der Waals surface area contributed by atoms with E-state index < -0.39 is 10.0 Å². The lowest BCUT2D eigenvalue weighted by molar-refractivity contribution is -0.138. The summed E-state index contributed by atoms with van der Waals surface area (Å²) < 4.78 is 27.1. The van der Waals surface area contributed by atoms with Crippen LogP contribution in [0.5, 0.6) is 0 Å². The van der Waals surface area contributed by atoms with Crippen LogP contribution in [-0.4, -0.2) is 49.7 Å². The molecule has 150 valence electrons. The summed E-state index contributed by atoms with van der Waals surface area (Å²) in [5.74, 6) is 0.204. The lowest BCUT2D eigenvalue weighted by Crippen LogP contribution is -2.46. The van der Waals surface area contributed by atoms with Gasteiger partial charge in [-0.25, -0.2) is 12.7 Å². The summed E-state index contributed by atoms with van der Waals surface area (Å²) in [4.78, 5) is 14.8. The van der Waals surface area contributed by atoms with Gasteiger partial charge < -0.3 is 4.90 Å². The number of benzene rings is 1. The number of rotatable bonds is 5. The lowest BCUT2D eigenvalue weighted by Gasteiger charge is -2.36. The largest absolute Gasteiger partial charge is 0.343 e. The van der Waals surface area contributed by atoms with E-state index in [4.69, 9.17) is 0 Å². The smallest absolute Gasteiger partial charge is 0.225 e. The summed E-state index contributed by atoms with van der Waals surface area (Å²) in [6.45, 7) is 2.86. The van der Waals surface area contributed by atoms with Gasteiger partial charge in [0.05, 0.1) is 5.75 Å². The molecule has 0 atom stereocenters. The predicted octanol–water partition coefficient (Wildman–Crippen LogP) is 3.33. The van der Waals surface area contributed by atoms with Crippen LogP contribution in [0, 0.1) is 12.8 Å². The van der Waals surface area contributed by atoms with Crippen molar-refractivity contribution in [2.75, 3.05) is 20.1 Å². The Bertz CT molecular complexity index is 748. The van der Waals surface area contributed by atoms with Crippen LogP contribution in [-0.2, 0) is 20.6 Å². The minimum atomic E-state index is -3.33. The average Bonchev–Trinajstić information content (AvgIpc) is 2.67. The highest BCUT2D eigenvalue weighted by atomic mass is 32.2. The van der Waals surface area contributed by atoms with Gasteiger partial charge in [-0.1, -0.05) is 49.1 Å². The summed E-state index contributed by atoms with van der Waals surface area (Å²) >= 11 is 0. The molecule has 2 aliphatic rings. The molecular weight excluding hydrogens is 360 g/mol. The van der Waals surface area contributed by atoms with Crippen molar-refractivity contribution >= 4 is 15.9 Å². The van der Waals surface area contributed by atoms with E-state index in [2.05, 4.69) is 0 Å². The maximum atomic E-state index is 12.8. The number of hydrogen-bond donors (Lipinski definition) is 0. The third-order valence-electron chi connectivity index (χ3n) is 6.10. The number of carbonyl (C=O) groups excluding carboxylic acids is 1. The molecule has 1 saturated heterocycles. The van der Waals surface area contributed by atoms with Crippen molar-refractivity contribution in [1.82, 2.24) is 9.21 Å². The highest BCUT2D eigenvalue weighted by Crippen LogP contribution is 2.27. The Balaban J connectivity index is 1.55. The zero-order valence-electron chi connectivity index (χ0n) is 16.6. The number of aryl methyl sites for hydroxylation is 1. The molecule has 27 heavy (non-hydrogen) atoms. The molecule has 2 fully saturated rings. The molecule has 1 aliphatic heterocycles. The molecule has 0 N–H and O–H groups in total. The van der Waals surface area contributed by atoms with E-state index in [-0.39, 0.29) is 17.6 Å². The van der Waals surface area contributed by atoms with Gasteiger partial charge in [-0.3, -0.25) is 4.79 Å². The molecule has 1 amide bonds. The Morgan fingerprint density at radius 2 is 1.78 bits per heavy atom. The third kappa shape index (κ3) is 5.11. The molecule has 1 aromatic carbocycles. The fourth-order valence-corrected chi connectivity index (χ4v) is 5.97. The highest BCUT2D eigenvalue weighted by Gasteiger charge is 2.34. The SMILES string of the molecule is Cc1cccc(CS(=O)(=O)N2CCC(C(=O)N(C)C3CCCCC3)CC2)c1. The molecule has 6 heteroatoms. The second-order valence-electron chi connectivity index (χ2n) is 8.16. The van der Waals surface area contributed by atoms with Crippen molar-refractivity contribution in [1.29, 1.82) is 0 Å². The van der Waals surface area contributed by atoms with Crippen molar-refractivity contribution < 1.29 is 13.2 Å². The van der Waals surface area contributed by atoms with Crippen LogP contribution >= 0.6 is 0 Å². The Morgan fingerprint density at radius 1 is 1.11 bits per heavy atom. The van der Waals surface area contributed by atoms with Crippen molar-refractivity contribution in [3.05, 3.63) is 35.4 Å². The molecule has 1 aliphatic carbocycles. The molecule has 0 radical (unpaired) electrons. The topological polar surface area (TPSA) is 57.7 Å². The average molecular weight is 393 g/mol. The second-order valence-corrected chi connectivity index (χ2v) is 10.1. The summed E-state index contributed by atoms with van der Waals surface area (Å²) in [7, 11) is -1.40. The van der Waals surface area contributed by atoms with Crippen LogP contribution in [0.1, 0.15) is 56.1 Å². The van der Waals surface area contributed by atoms with E-state index in [0.29, 0.717) is 32.0 Å². The van der Waals surface area contributed by atoms with E-state index in [9.17, 15) is 13.2 Å². The van der Waals surface area contributed by atoms with Crippen molar-refractivity contribution in [3.63, 3.8) is 0 Å². The number of amides is 1. The molecule has 3 rings (SSSR count). The molecule has 0 aromatic heterocycles. The molecule has 0 spiro atoms. The van der Waals surface area contributed by atoms with Gasteiger partial charge in [0.15, 0.2) is 0 Å². The fraction of sp³-hybridized carbons (Fsp3) is 0.667. The number of sulfonamides is 1. The first kappa shape index (κ1) is 20.3. The van der Waals surface area contributed by atoms with Crippen LogP contribution in [0.4, 0.5) is 0 Å². The highest BCUT2D eigenvalue weighted by molar-refractivity contribution is 7.88. The van der Waals surface area contributed by atoms with Crippen LogP contribution in [0.2, 0.25) is 0 Å². The fourth-order valence-electron chi connectivity index (χ4n) is 4.42. The first-order chi connectivity index (χ1) is 12.9.